The molecule has 1 aromatic heterocycles. The van der Waals surface area contributed by atoms with Gasteiger partial charge in [0.15, 0.2) is 0 Å². The van der Waals surface area contributed by atoms with Gasteiger partial charge in [0.2, 0.25) is 15.9 Å². The fraction of sp³-hybridized carbons (Fsp3) is 0.214. The summed E-state index contributed by atoms with van der Waals surface area (Å²) in [5.41, 5.74) is 1.21. The number of anilines is 1. The zero-order valence-corrected chi connectivity index (χ0v) is 14.2. The van der Waals surface area contributed by atoms with Gasteiger partial charge in [-0.3, -0.25) is 4.79 Å². The fourth-order valence-electron chi connectivity index (χ4n) is 1.84. The molecule has 2 aromatic rings. The molecule has 0 bridgehead atoms. The zero-order valence-electron chi connectivity index (χ0n) is 12.6. The number of aryl methyl sites for hydroxylation is 2. The first-order chi connectivity index (χ1) is 10.7. The lowest BCUT2D eigenvalue weighted by atomic mass is 10.3. The first-order valence-electron chi connectivity index (χ1n) is 6.62. The molecule has 3 N–H and O–H groups in total. The maximum Gasteiger partial charge on any atom is 0.238 e. The molecule has 7 nitrogen and oxygen atoms in total. The molecule has 0 unspecified atom stereocenters. The highest BCUT2D eigenvalue weighted by Crippen LogP contribution is 2.18. The number of amides is 1. The van der Waals surface area contributed by atoms with Crippen molar-refractivity contribution in [3.63, 3.8) is 0 Å². The Bertz CT molecular complexity index is 817. The fourth-order valence-corrected chi connectivity index (χ4v) is 3.21. The summed E-state index contributed by atoms with van der Waals surface area (Å²) in [6, 6.07) is 7.59. The standard InChI is InChI=1S/C14H16N4O3S2/c1-9-6-14(17-10(2)16-9)22-8-13(19)18-11-4-3-5-12(7-11)23(15,20)21/h3-7H,8H2,1-2H3,(H,18,19)(H2,15,20,21). The van der Waals surface area contributed by atoms with Crippen LogP contribution in [0.2, 0.25) is 0 Å². The van der Waals surface area contributed by atoms with Crippen LogP contribution in [0.25, 0.3) is 0 Å². The molecule has 0 spiro atoms. The van der Waals surface area contributed by atoms with Gasteiger partial charge in [0, 0.05) is 11.4 Å². The monoisotopic (exact) mass is 352 g/mol. The van der Waals surface area contributed by atoms with Crippen LogP contribution in [0.3, 0.4) is 0 Å². The predicted octanol–water partition coefficient (Wildman–Crippen LogP) is 1.47. The normalized spacial score (nSPS) is 11.3. The van der Waals surface area contributed by atoms with Crippen molar-refractivity contribution in [2.45, 2.75) is 23.8 Å². The second-order valence-corrected chi connectivity index (χ2v) is 7.36. The van der Waals surface area contributed by atoms with Gasteiger partial charge >= 0.3 is 0 Å². The highest BCUT2D eigenvalue weighted by atomic mass is 32.2. The van der Waals surface area contributed by atoms with Crippen LogP contribution in [0.4, 0.5) is 5.69 Å². The maximum atomic E-state index is 12.0. The van der Waals surface area contributed by atoms with Gasteiger partial charge in [0.05, 0.1) is 10.6 Å². The van der Waals surface area contributed by atoms with Crippen LogP contribution >= 0.6 is 11.8 Å². The smallest absolute Gasteiger partial charge is 0.238 e. The molecular formula is C14H16N4O3S2. The van der Waals surface area contributed by atoms with Gasteiger partial charge in [-0.15, -0.1) is 0 Å². The molecule has 0 aliphatic heterocycles. The quantitative estimate of drug-likeness (QED) is 0.622. The van der Waals surface area contributed by atoms with Crippen molar-refractivity contribution in [2.24, 2.45) is 5.14 Å². The van der Waals surface area contributed by atoms with Crippen LogP contribution in [0.1, 0.15) is 11.5 Å². The van der Waals surface area contributed by atoms with Gasteiger partial charge in [-0.25, -0.2) is 23.5 Å². The number of carbonyl (C=O) groups is 1. The summed E-state index contributed by atoms with van der Waals surface area (Å²) in [5.74, 6) is 0.527. The number of rotatable bonds is 5. The van der Waals surface area contributed by atoms with Crippen LogP contribution in [-0.4, -0.2) is 30.0 Å². The van der Waals surface area contributed by atoms with E-state index < -0.39 is 10.0 Å². The molecule has 0 fully saturated rings. The highest BCUT2D eigenvalue weighted by Gasteiger charge is 2.10. The SMILES string of the molecule is Cc1cc(SCC(=O)Nc2cccc(S(N)(=O)=O)c2)nc(C)n1. The minimum absolute atomic E-state index is 0.0509. The molecule has 122 valence electrons. The van der Waals surface area contributed by atoms with Crippen molar-refractivity contribution in [1.29, 1.82) is 0 Å². The van der Waals surface area contributed by atoms with Gasteiger partial charge in [-0.1, -0.05) is 17.8 Å². The van der Waals surface area contributed by atoms with Crippen molar-refractivity contribution in [3.8, 4) is 0 Å². The Morgan fingerprint density at radius 3 is 2.65 bits per heavy atom. The van der Waals surface area contributed by atoms with Crippen LogP contribution < -0.4 is 10.5 Å². The number of hydrogen-bond acceptors (Lipinski definition) is 6. The number of nitrogens with one attached hydrogen (secondary N) is 1. The van der Waals surface area contributed by atoms with E-state index in [0.717, 1.165) is 5.69 Å². The van der Waals surface area contributed by atoms with Crippen molar-refractivity contribution in [2.75, 3.05) is 11.1 Å². The third-order valence-electron chi connectivity index (χ3n) is 2.74. The Morgan fingerprint density at radius 1 is 1.26 bits per heavy atom. The molecule has 0 atom stereocenters. The van der Waals surface area contributed by atoms with E-state index in [9.17, 15) is 13.2 Å². The minimum Gasteiger partial charge on any atom is -0.325 e. The molecule has 0 saturated carbocycles. The summed E-state index contributed by atoms with van der Waals surface area (Å²) in [6.07, 6.45) is 0. The maximum absolute atomic E-state index is 12.0. The van der Waals surface area contributed by atoms with Crippen molar-refractivity contribution in [3.05, 3.63) is 41.9 Å². The third-order valence-corrected chi connectivity index (χ3v) is 4.56. The van der Waals surface area contributed by atoms with Gasteiger partial charge in [-0.2, -0.15) is 0 Å². The van der Waals surface area contributed by atoms with E-state index in [1.54, 1.807) is 19.1 Å². The first-order valence-corrected chi connectivity index (χ1v) is 9.15. The minimum atomic E-state index is -3.80. The average Bonchev–Trinajstić information content (AvgIpc) is 2.43. The molecule has 0 radical (unpaired) electrons. The Balaban J connectivity index is 2.00. The number of aromatic nitrogens is 2. The number of sulfonamides is 1. The van der Waals surface area contributed by atoms with Gasteiger partial charge in [0.25, 0.3) is 0 Å². The Labute approximate surface area is 138 Å². The van der Waals surface area contributed by atoms with E-state index >= 15 is 0 Å². The van der Waals surface area contributed by atoms with E-state index in [1.807, 2.05) is 6.92 Å². The van der Waals surface area contributed by atoms with Gasteiger partial charge < -0.3 is 5.32 Å². The second kappa shape index (κ2) is 7.07. The summed E-state index contributed by atoms with van der Waals surface area (Å²) in [4.78, 5) is 20.3. The lowest BCUT2D eigenvalue weighted by Crippen LogP contribution is -2.16. The molecule has 9 heteroatoms. The lowest BCUT2D eigenvalue weighted by Gasteiger charge is -2.07. The number of primary sulfonamides is 1. The number of carbonyl (C=O) groups excluding carboxylic acids is 1. The van der Waals surface area contributed by atoms with E-state index in [0.29, 0.717) is 16.5 Å². The molecule has 0 saturated heterocycles. The number of nitrogens with zero attached hydrogens (tertiary/aromatic N) is 2. The van der Waals surface area contributed by atoms with Gasteiger partial charge in [-0.05, 0) is 38.1 Å². The van der Waals surface area contributed by atoms with Gasteiger partial charge in [0.1, 0.15) is 10.9 Å². The predicted molar refractivity (Wildman–Crippen MR) is 88.7 cm³/mol. The topological polar surface area (TPSA) is 115 Å². The summed E-state index contributed by atoms with van der Waals surface area (Å²) < 4.78 is 22.6. The Hall–Kier alpha value is -1.97. The zero-order chi connectivity index (χ0) is 17.0. The second-order valence-electron chi connectivity index (χ2n) is 4.80. The highest BCUT2D eigenvalue weighted by molar-refractivity contribution is 7.99. The van der Waals surface area contributed by atoms with Crippen LogP contribution in [0.5, 0.6) is 0 Å². The van der Waals surface area contributed by atoms with Crippen molar-refractivity contribution < 1.29 is 13.2 Å². The summed E-state index contributed by atoms with van der Waals surface area (Å²) in [7, 11) is -3.80. The molecule has 1 aromatic carbocycles. The third kappa shape index (κ3) is 5.31. The first kappa shape index (κ1) is 17.4. The molecule has 0 aliphatic carbocycles. The van der Waals surface area contributed by atoms with Crippen molar-refractivity contribution >= 4 is 33.4 Å². The van der Waals surface area contributed by atoms with Crippen LogP contribution in [-0.2, 0) is 14.8 Å². The number of hydrogen-bond donors (Lipinski definition) is 2. The molecule has 23 heavy (non-hydrogen) atoms. The number of nitrogens with two attached hydrogens (primary N) is 1. The molecule has 0 aliphatic rings. The van der Waals surface area contributed by atoms with Crippen molar-refractivity contribution in [1.82, 2.24) is 9.97 Å². The Morgan fingerprint density at radius 2 is 2.00 bits per heavy atom. The summed E-state index contributed by atoms with van der Waals surface area (Å²) >= 11 is 1.28. The van der Waals surface area contributed by atoms with E-state index in [4.69, 9.17) is 5.14 Å². The number of thioether (sulfide) groups is 1. The largest absolute Gasteiger partial charge is 0.325 e. The molecule has 2 rings (SSSR count). The number of benzene rings is 1. The Kier molecular flexibility index (Phi) is 5.34. The molecule has 1 amide bonds. The summed E-state index contributed by atoms with van der Waals surface area (Å²) in [5, 5.41) is 8.40. The van der Waals surface area contributed by atoms with E-state index in [2.05, 4.69) is 15.3 Å². The lowest BCUT2D eigenvalue weighted by molar-refractivity contribution is -0.113. The average molecular weight is 352 g/mol. The molecule has 1 heterocycles. The van der Waals surface area contributed by atoms with E-state index in [1.165, 1.54) is 30.0 Å². The van der Waals surface area contributed by atoms with Crippen LogP contribution in [0.15, 0.2) is 40.3 Å². The van der Waals surface area contributed by atoms with Crippen LogP contribution in [0, 0.1) is 13.8 Å². The van der Waals surface area contributed by atoms with E-state index in [-0.39, 0.29) is 16.6 Å². The molecular weight excluding hydrogens is 336 g/mol. The summed E-state index contributed by atoms with van der Waals surface area (Å²) in [6.45, 7) is 3.65.